The van der Waals surface area contributed by atoms with Gasteiger partial charge in [-0.25, -0.2) is 0 Å². The quantitative estimate of drug-likeness (QED) is 0.749. The van der Waals surface area contributed by atoms with Gasteiger partial charge in [-0.1, -0.05) is 44.9 Å². The molecule has 0 bridgehead atoms. The Morgan fingerprint density at radius 3 is 2.37 bits per heavy atom. The van der Waals surface area contributed by atoms with Gasteiger partial charge in [0.2, 0.25) is 0 Å². The maximum Gasteiger partial charge on any atom is 0.323 e. The van der Waals surface area contributed by atoms with Gasteiger partial charge in [-0.3, -0.25) is 4.79 Å². The fourth-order valence-corrected chi connectivity index (χ4v) is 3.61. The normalized spacial score (nSPS) is 23.4. The zero-order valence-corrected chi connectivity index (χ0v) is 12.3. The van der Waals surface area contributed by atoms with Gasteiger partial charge in [0.25, 0.3) is 0 Å². The monoisotopic (exact) mass is 267 g/mol. The zero-order chi connectivity index (χ0) is 13.5. The van der Waals surface area contributed by atoms with Gasteiger partial charge in [0.15, 0.2) is 0 Å². The molecule has 0 saturated heterocycles. The molecule has 2 saturated carbocycles. The Bertz CT molecular complexity index is 268. The van der Waals surface area contributed by atoms with Gasteiger partial charge in [-0.15, -0.1) is 0 Å². The van der Waals surface area contributed by atoms with Crippen LogP contribution in [0.5, 0.6) is 0 Å². The van der Waals surface area contributed by atoms with Crippen LogP contribution in [0.25, 0.3) is 0 Å². The minimum atomic E-state index is -0.0638. The summed E-state index contributed by atoms with van der Waals surface area (Å²) >= 11 is 0. The topological polar surface area (TPSA) is 38.3 Å². The van der Waals surface area contributed by atoms with Crippen molar-refractivity contribution in [1.29, 1.82) is 0 Å². The highest BCUT2D eigenvalue weighted by molar-refractivity contribution is 5.75. The molecule has 0 aromatic carbocycles. The van der Waals surface area contributed by atoms with E-state index in [2.05, 4.69) is 5.32 Å². The predicted octanol–water partition coefficient (Wildman–Crippen LogP) is 3.42. The van der Waals surface area contributed by atoms with E-state index in [4.69, 9.17) is 4.74 Å². The van der Waals surface area contributed by atoms with E-state index < -0.39 is 0 Å². The molecule has 0 aromatic rings. The van der Waals surface area contributed by atoms with Crippen molar-refractivity contribution in [2.24, 2.45) is 5.92 Å². The molecule has 19 heavy (non-hydrogen) atoms. The summed E-state index contributed by atoms with van der Waals surface area (Å²) in [6, 6.07) is 0.476. The molecular weight excluding hydrogens is 238 g/mol. The fourth-order valence-electron chi connectivity index (χ4n) is 3.61. The van der Waals surface area contributed by atoms with Crippen LogP contribution in [0.4, 0.5) is 0 Å². The van der Waals surface area contributed by atoms with Gasteiger partial charge in [-0.05, 0) is 32.1 Å². The van der Waals surface area contributed by atoms with Gasteiger partial charge in [0.1, 0.15) is 6.04 Å². The molecule has 3 heteroatoms. The highest BCUT2D eigenvalue weighted by Crippen LogP contribution is 2.28. The van der Waals surface area contributed by atoms with Crippen molar-refractivity contribution >= 4 is 5.97 Å². The molecule has 0 aromatic heterocycles. The van der Waals surface area contributed by atoms with E-state index >= 15 is 0 Å². The first kappa shape index (κ1) is 14.8. The molecule has 0 amide bonds. The summed E-state index contributed by atoms with van der Waals surface area (Å²) in [7, 11) is 0. The number of esters is 1. The van der Waals surface area contributed by atoms with Gasteiger partial charge >= 0.3 is 5.97 Å². The Morgan fingerprint density at radius 1 is 1.11 bits per heavy atom. The Balaban J connectivity index is 1.86. The highest BCUT2D eigenvalue weighted by Gasteiger charge is 2.28. The average molecular weight is 267 g/mol. The number of ether oxygens (including phenoxy) is 1. The molecule has 2 aliphatic rings. The van der Waals surface area contributed by atoms with Crippen LogP contribution >= 0.6 is 0 Å². The van der Waals surface area contributed by atoms with Crippen molar-refractivity contribution in [3.05, 3.63) is 0 Å². The lowest BCUT2D eigenvalue weighted by Crippen LogP contribution is -2.44. The zero-order valence-electron chi connectivity index (χ0n) is 12.3. The van der Waals surface area contributed by atoms with E-state index in [0.717, 1.165) is 12.3 Å². The molecule has 1 atom stereocenters. The van der Waals surface area contributed by atoms with Crippen LogP contribution in [0.2, 0.25) is 0 Å². The van der Waals surface area contributed by atoms with Gasteiger partial charge < -0.3 is 10.1 Å². The van der Waals surface area contributed by atoms with Crippen LogP contribution in [-0.4, -0.2) is 24.7 Å². The molecule has 0 spiro atoms. The lowest BCUT2D eigenvalue weighted by molar-refractivity contribution is -0.146. The van der Waals surface area contributed by atoms with Crippen LogP contribution in [-0.2, 0) is 9.53 Å². The lowest BCUT2D eigenvalue weighted by atomic mass is 9.84. The van der Waals surface area contributed by atoms with E-state index in [-0.39, 0.29) is 12.0 Å². The van der Waals surface area contributed by atoms with Crippen molar-refractivity contribution in [1.82, 2.24) is 5.32 Å². The third kappa shape index (κ3) is 4.79. The lowest BCUT2D eigenvalue weighted by Gasteiger charge is -2.28. The first-order chi connectivity index (χ1) is 9.29. The van der Waals surface area contributed by atoms with Gasteiger partial charge in [0, 0.05) is 6.04 Å². The van der Waals surface area contributed by atoms with Crippen molar-refractivity contribution in [3.8, 4) is 0 Å². The number of hydrogen-bond donors (Lipinski definition) is 1. The summed E-state index contributed by atoms with van der Waals surface area (Å²) in [6.07, 6.45) is 12.7. The fraction of sp³-hybridized carbons (Fsp3) is 0.938. The third-order valence-electron chi connectivity index (χ3n) is 4.66. The molecule has 1 N–H and O–H groups in total. The van der Waals surface area contributed by atoms with E-state index in [1.165, 1.54) is 57.8 Å². The van der Waals surface area contributed by atoms with Crippen LogP contribution in [0.1, 0.15) is 71.1 Å². The molecule has 0 heterocycles. The Hall–Kier alpha value is -0.570. The smallest absolute Gasteiger partial charge is 0.323 e. The van der Waals surface area contributed by atoms with E-state index in [0.29, 0.717) is 12.6 Å². The number of hydrogen-bond acceptors (Lipinski definition) is 3. The summed E-state index contributed by atoms with van der Waals surface area (Å²) < 4.78 is 5.25. The minimum Gasteiger partial charge on any atom is -0.465 e. The molecule has 2 fully saturated rings. The number of carbonyl (C=O) groups excluding carboxylic acids is 1. The second-order valence-electron chi connectivity index (χ2n) is 6.19. The second kappa shape index (κ2) is 7.88. The summed E-state index contributed by atoms with van der Waals surface area (Å²) in [5.41, 5.74) is 0. The molecule has 3 nitrogen and oxygen atoms in total. The Morgan fingerprint density at radius 2 is 1.74 bits per heavy atom. The number of carbonyl (C=O) groups is 1. The van der Waals surface area contributed by atoms with E-state index in [9.17, 15) is 4.79 Å². The van der Waals surface area contributed by atoms with Gasteiger partial charge in [-0.2, -0.15) is 0 Å². The molecule has 0 radical (unpaired) electrons. The Labute approximate surface area is 117 Å². The maximum atomic E-state index is 12.1. The van der Waals surface area contributed by atoms with Crippen molar-refractivity contribution in [3.63, 3.8) is 0 Å². The first-order valence-corrected chi connectivity index (χ1v) is 8.22. The van der Waals surface area contributed by atoms with E-state index in [1.807, 2.05) is 6.92 Å². The molecule has 0 aliphatic heterocycles. The largest absolute Gasteiger partial charge is 0.465 e. The van der Waals surface area contributed by atoms with Gasteiger partial charge in [0.05, 0.1) is 6.61 Å². The molecular formula is C16H29NO2. The Kier molecular flexibility index (Phi) is 6.15. The minimum absolute atomic E-state index is 0.0278. The highest BCUT2D eigenvalue weighted by atomic mass is 16.5. The molecule has 2 aliphatic carbocycles. The SMILES string of the molecule is CCOC(=O)C(CC1CCCCC1)NC1CCCC1. The second-order valence-corrected chi connectivity index (χ2v) is 6.19. The number of nitrogens with one attached hydrogen (secondary N) is 1. The third-order valence-corrected chi connectivity index (χ3v) is 4.66. The van der Waals surface area contributed by atoms with Crippen LogP contribution < -0.4 is 5.32 Å². The van der Waals surface area contributed by atoms with Crippen molar-refractivity contribution < 1.29 is 9.53 Å². The summed E-state index contributed by atoms with van der Waals surface area (Å²) in [4.78, 5) is 12.1. The van der Waals surface area contributed by atoms with E-state index in [1.54, 1.807) is 0 Å². The molecule has 110 valence electrons. The molecule has 2 rings (SSSR count). The summed E-state index contributed by atoms with van der Waals surface area (Å²) in [6.45, 7) is 2.39. The van der Waals surface area contributed by atoms with Crippen LogP contribution in [0.15, 0.2) is 0 Å². The maximum absolute atomic E-state index is 12.1. The van der Waals surface area contributed by atoms with Crippen molar-refractivity contribution in [2.75, 3.05) is 6.61 Å². The van der Waals surface area contributed by atoms with Crippen molar-refractivity contribution in [2.45, 2.75) is 83.2 Å². The standard InChI is InChI=1S/C16H29NO2/c1-2-19-16(18)15(17-14-10-6-7-11-14)12-13-8-4-3-5-9-13/h13-15,17H,2-12H2,1H3. The summed E-state index contributed by atoms with van der Waals surface area (Å²) in [5, 5.41) is 3.57. The average Bonchev–Trinajstić information content (AvgIpc) is 2.92. The predicted molar refractivity (Wildman–Crippen MR) is 77.0 cm³/mol. The first-order valence-electron chi connectivity index (χ1n) is 8.22. The van der Waals surface area contributed by atoms with Crippen LogP contribution in [0.3, 0.4) is 0 Å². The number of rotatable bonds is 6. The summed E-state index contributed by atoms with van der Waals surface area (Å²) in [5.74, 6) is 0.692. The van der Waals surface area contributed by atoms with Crippen LogP contribution in [0, 0.1) is 5.92 Å². The molecule has 1 unspecified atom stereocenters.